The Morgan fingerprint density at radius 3 is 2.55 bits per heavy atom. The van der Waals surface area contributed by atoms with Gasteiger partial charge in [0.25, 0.3) is 5.91 Å². The molecule has 0 unspecified atom stereocenters. The van der Waals surface area contributed by atoms with Gasteiger partial charge in [-0.3, -0.25) is 9.59 Å². The molecule has 0 saturated heterocycles. The maximum Gasteiger partial charge on any atom is 0.262 e. The number of aliphatic imine (C=N–C) groups is 1. The molecule has 8 nitrogen and oxygen atoms in total. The third kappa shape index (κ3) is 5.40. The van der Waals surface area contributed by atoms with Crippen molar-refractivity contribution in [2.45, 2.75) is 24.1 Å². The van der Waals surface area contributed by atoms with E-state index in [0.29, 0.717) is 34.3 Å². The van der Waals surface area contributed by atoms with Gasteiger partial charge in [-0.2, -0.15) is 10.1 Å². The number of carbonyl (C=O) groups is 2. The maximum atomic E-state index is 14.8. The summed E-state index contributed by atoms with van der Waals surface area (Å²) in [7, 11) is 3.14. The van der Waals surface area contributed by atoms with E-state index in [0.717, 1.165) is 23.0 Å². The standard InChI is InChI=1S/C28H25FN4O4S/c1-36-19-12-10-17(11-13-19)23-15-24(21-8-3-4-9-22(21)29)33(32-23)28-31-27(35)25(38-28)16-26(34)30-18-6-5-7-20(14-18)37-2/h3-14,24-25H,15-16H2,1-2H3,(H,30,34)/t24-,25+/m0/s1. The number of halogens is 1. The van der Waals surface area contributed by atoms with Crippen LogP contribution in [0.4, 0.5) is 10.1 Å². The van der Waals surface area contributed by atoms with Gasteiger partial charge in [0.2, 0.25) is 5.91 Å². The minimum atomic E-state index is -0.711. The van der Waals surface area contributed by atoms with Crippen molar-refractivity contribution in [3.8, 4) is 11.5 Å². The number of hydrazone groups is 1. The Morgan fingerprint density at radius 1 is 1.05 bits per heavy atom. The predicted octanol–water partition coefficient (Wildman–Crippen LogP) is 5.02. The second kappa shape index (κ2) is 11.1. The number of nitrogens with zero attached hydrogens (tertiary/aromatic N) is 3. The van der Waals surface area contributed by atoms with E-state index in [9.17, 15) is 14.0 Å². The number of carbonyl (C=O) groups excluding carboxylic acids is 2. The lowest BCUT2D eigenvalue weighted by molar-refractivity contribution is -0.121. The predicted molar refractivity (Wildman–Crippen MR) is 145 cm³/mol. The van der Waals surface area contributed by atoms with Crippen LogP contribution in [0.15, 0.2) is 82.9 Å². The van der Waals surface area contributed by atoms with E-state index in [1.54, 1.807) is 61.7 Å². The summed E-state index contributed by atoms with van der Waals surface area (Å²) in [6, 6.07) is 20.4. The van der Waals surface area contributed by atoms with Gasteiger partial charge in [-0.1, -0.05) is 36.0 Å². The average Bonchev–Trinajstić information content (AvgIpc) is 3.53. The highest BCUT2D eigenvalue weighted by Gasteiger charge is 2.39. The first-order valence-corrected chi connectivity index (χ1v) is 12.8. The van der Waals surface area contributed by atoms with Crippen molar-refractivity contribution < 1.29 is 23.5 Å². The molecule has 0 saturated carbocycles. The van der Waals surface area contributed by atoms with Crippen molar-refractivity contribution in [2.24, 2.45) is 10.1 Å². The molecule has 2 aliphatic heterocycles. The zero-order valence-electron chi connectivity index (χ0n) is 20.8. The van der Waals surface area contributed by atoms with Crippen LogP contribution in [0.2, 0.25) is 0 Å². The van der Waals surface area contributed by atoms with E-state index < -0.39 is 17.2 Å². The number of amides is 2. The topological polar surface area (TPSA) is 92.6 Å². The van der Waals surface area contributed by atoms with Gasteiger partial charge in [0.1, 0.15) is 22.6 Å². The van der Waals surface area contributed by atoms with E-state index >= 15 is 0 Å². The summed E-state index contributed by atoms with van der Waals surface area (Å²) in [5.41, 5.74) is 2.61. The number of nitrogens with one attached hydrogen (secondary N) is 1. The lowest BCUT2D eigenvalue weighted by Crippen LogP contribution is -2.25. The Hall–Kier alpha value is -4.18. The normalized spacial score (nSPS) is 18.7. The highest BCUT2D eigenvalue weighted by molar-refractivity contribution is 8.15. The van der Waals surface area contributed by atoms with Crippen LogP contribution < -0.4 is 14.8 Å². The Labute approximate surface area is 223 Å². The molecule has 2 heterocycles. The van der Waals surface area contributed by atoms with E-state index in [1.807, 2.05) is 24.3 Å². The van der Waals surface area contributed by atoms with Gasteiger partial charge < -0.3 is 14.8 Å². The number of anilines is 1. The quantitative estimate of drug-likeness (QED) is 0.459. The van der Waals surface area contributed by atoms with Crippen LogP contribution in [-0.4, -0.2) is 47.2 Å². The molecule has 3 aromatic carbocycles. The van der Waals surface area contributed by atoms with Gasteiger partial charge in [0.05, 0.1) is 26.0 Å². The number of thioether (sulfide) groups is 1. The number of ether oxygens (including phenoxy) is 2. The highest BCUT2D eigenvalue weighted by atomic mass is 32.2. The molecule has 2 aliphatic rings. The van der Waals surface area contributed by atoms with Crippen LogP contribution in [0.3, 0.4) is 0 Å². The number of rotatable bonds is 7. The third-order valence-electron chi connectivity index (χ3n) is 6.25. The summed E-state index contributed by atoms with van der Waals surface area (Å²) in [5, 5.41) is 8.77. The molecular formula is C28H25FN4O4S. The van der Waals surface area contributed by atoms with Crippen LogP contribution in [-0.2, 0) is 9.59 Å². The summed E-state index contributed by atoms with van der Waals surface area (Å²) < 4.78 is 25.3. The molecule has 10 heteroatoms. The number of methoxy groups -OCH3 is 2. The SMILES string of the molecule is COc1ccc(C2=NN(C3=NC(=O)[C@@H](CC(=O)Nc4cccc(OC)c4)S3)[C@H](c3ccccc3F)C2)cc1. The second-order valence-corrected chi connectivity index (χ2v) is 9.85. The van der Waals surface area contributed by atoms with Crippen molar-refractivity contribution in [2.75, 3.05) is 19.5 Å². The molecule has 0 aromatic heterocycles. The van der Waals surface area contributed by atoms with Crippen molar-refractivity contribution >= 4 is 40.1 Å². The van der Waals surface area contributed by atoms with Crippen molar-refractivity contribution in [1.82, 2.24) is 5.01 Å². The third-order valence-corrected chi connectivity index (χ3v) is 7.39. The van der Waals surface area contributed by atoms with Gasteiger partial charge >= 0.3 is 0 Å². The fourth-order valence-electron chi connectivity index (χ4n) is 4.32. The summed E-state index contributed by atoms with van der Waals surface area (Å²) >= 11 is 1.16. The number of benzene rings is 3. The first-order valence-electron chi connectivity index (χ1n) is 11.9. The summed E-state index contributed by atoms with van der Waals surface area (Å²) in [6.45, 7) is 0. The van der Waals surface area contributed by atoms with E-state index in [-0.39, 0.29) is 18.1 Å². The van der Waals surface area contributed by atoms with Gasteiger partial charge in [0, 0.05) is 30.2 Å². The van der Waals surface area contributed by atoms with Crippen LogP contribution in [0.25, 0.3) is 0 Å². The minimum absolute atomic E-state index is 0.0685. The molecule has 1 N–H and O–H groups in total. The van der Waals surface area contributed by atoms with Gasteiger partial charge in [0.15, 0.2) is 5.17 Å². The van der Waals surface area contributed by atoms with E-state index in [2.05, 4.69) is 10.3 Å². The zero-order chi connectivity index (χ0) is 26.6. The molecule has 3 aromatic rings. The molecule has 0 spiro atoms. The number of hydrogen-bond acceptors (Lipinski definition) is 7. The minimum Gasteiger partial charge on any atom is -0.497 e. The Balaban J connectivity index is 1.35. The monoisotopic (exact) mass is 532 g/mol. The molecular weight excluding hydrogens is 507 g/mol. The van der Waals surface area contributed by atoms with Crippen molar-refractivity contribution in [3.63, 3.8) is 0 Å². The molecule has 2 atom stereocenters. The average molecular weight is 533 g/mol. The van der Waals surface area contributed by atoms with Crippen LogP contribution in [0, 0.1) is 5.82 Å². The van der Waals surface area contributed by atoms with Crippen LogP contribution >= 0.6 is 11.8 Å². The van der Waals surface area contributed by atoms with Gasteiger partial charge in [-0.15, -0.1) is 0 Å². The molecule has 194 valence electrons. The Kier molecular flexibility index (Phi) is 7.41. The molecule has 0 fully saturated rings. The molecule has 5 rings (SSSR count). The smallest absolute Gasteiger partial charge is 0.262 e. The number of amidine groups is 1. The highest BCUT2D eigenvalue weighted by Crippen LogP contribution is 2.39. The molecule has 38 heavy (non-hydrogen) atoms. The molecule has 0 aliphatic carbocycles. The van der Waals surface area contributed by atoms with Crippen LogP contribution in [0.5, 0.6) is 11.5 Å². The van der Waals surface area contributed by atoms with Gasteiger partial charge in [-0.25, -0.2) is 9.40 Å². The molecule has 0 bridgehead atoms. The Bertz CT molecular complexity index is 1430. The number of hydrogen-bond donors (Lipinski definition) is 1. The lowest BCUT2D eigenvalue weighted by atomic mass is 9.98. The largest absolute Gasteiger partial charge is 0.497 e. The Morgan fingerprint density at radius 2 is 1.82 bits per heavy atom. The fraction of sp³-hybridized carbons (Fsp3) is 0.214. The van der Waals surface area contributed by atoms with Crippen molar-refractivity contribution in [1.29, 1.82) is 0 Å². The maximum absolute atomic E-state index is 14.8. The van der Waals surface area contributed by atoms with Crippen molar-refractivity contribution in [3.05, 3.63) is 89.7 Å². The molecule has 0 radical (unpaired) electrons. The van der Waals surface area contributed by atoms with Gasteiger partial charge in [-0.05, 0) is 48.0 Å². The van der Waals surface area contributed by atoms with E-state index in [1.165, 1.54) is 6.07 Å². The van der Waals surface area contributed by atoms with E-state index in [4.69, 9.17) is 14.6 Å². The second-order valence-electron chi connectivity index (χ2n) is 8.68. The van der Waals surface area contributed by atoms with Crippen LogP contribution in [0.1, 0.15) is 30.0 Å². The first-order chi connectivity index (χ1) is 18.4. The summed E-state index contributed by atoms with van der Waals surface area (Å²) in [5.74, 6) is 0.212. The summed E-state index contributed by atoms with van der Waals surface area (Å²) in [4.78, 5) is 29.7. The fourth-order valence-corrected chi connectivity index (χ4v) is 5.38. The molecule has 2 amide bonds. The first kappa shape index (κ1) is 25.5. The zero-order valence-corrected chi connectivity index (χ0v) is 21.6. The summed E-state index contributed by atoms with van der Waals surface area (Å²) in [6.07, 6.45) is 0.350. The lowest BCUT2D eigenvalue weighted by Gasteiger charge is -2.23.